The molecule has 5 rings (SSSR count). The number of carbonyl (C=O) groups is 2. The van der Waals surface area contributed by atoms with Crippen molar-refractivity contribution in [3.05, 3.63) is 58.9 Å². The van der Waals surface area contributed by atoms with Gasteiger partial charge in [0.2, 0.25) is 5.91 Å². The van der Waals surface area contributed by atoms with E-state index in [0.717, 1.165) is 31.2 Å². The van der Waals surface area contributed by atoms with Crippen LogP contribution in [0, 0.1) is 6.92 Å². The lowest BCUT2D eigenvalue weighted by Gasteiger charge is -2.43. The summed E-state index contributed by atoms with van der Waals surface area (Å²) in [4.78, 5) is 28.9. The van der Waals surface area contributed by atoms with Gasteiger partial charge in [-0.25, -0.2) is 0 Å². The lowest BCUT2D eigenvalue weighted by Crippen LogP contribution is -2.65. The molecule has 1 aliphatic carbocycles. The van der Waals surface area contributed by atoms with Gasteiger partial charge in [-0.3, -0.25) is 19.2 Å². The Kier molecular flexibility index (Phi) is 5.08. The third-order valence-corrected chi connectivity index (χ3v) is 6.93. The van der Waals surface area contributed by atoms with E-state index in [-0.39, 0.29) is 24.4 Å². The molecule has 2 aromatic heterocycles. The minimum Gasteiger partial charge on any atom is -0.463 e. The maximum absolute atomic E-state index is 13.8. The molecule has 8 heteroatoms. The number of benzene rings is 1. The topological polar surface area (TPSA) is 80.4 Å². The summed E-state index contributed by atoms with van der Waals surface area (Å²) in [5.74, 6) is 0.0856. The zero-order chi connectivity index (χ0) is 22.5. The maximum Gasteiger partial charge on any atom is 0.277 e. The van der Waals surface area contributed by atoms with Crippen LogP contribution in [0.2, 0.25) is 5.02 Å². The highest BCUT2D eigenvalue weighted by Gasteiger charge is 2.49. The number of aromatic nitrogens is 2. The van der Waals surface area contributed by atoms with Crippen LogP contribution in [0.4, 0.5) is 5.69 Å². The summed E-state index contributed by atoms with van der Waals surface area (Å²) in [5, 5.41) is 8.30. The molecule has 7 nitrogen and oxygen atoms in total. The molecule has 0 saturated heterocycles. The Balaban J connectivity index is 1.59. The average molecular weight is 453 g/mol. The van der Waals surface area contributed by atoms with Crippen LogP contribution < -0.4 is 10.2 Å². The van der Waals surface area contributed by atoms with Gasteiger partial charge in [0.1, 0.15) is 16.9 Å². The summed E-state index contributed by atoms with van der Waals surface area (Å²) < 4.78 is 7.08. The van der Waals surface area contributed by atoms with Gasteiger partial charge in [0.05, 0.1) is 12.8 Å². The second-order valence-electron chi connectivity index (χ2n) is 8.85. The molecule has 0 unspecified atom stereocenters. The van der Waals surface area contributed by atoms with E-state index in [4.69, 9.17) is 16.0 Å². The number of halogens is 1. The van der Waals surface area contributed by atoms with Gasteiger partial charge in [0.15, 0.2) is 5.76 Å². The van der Waals surface area contributed by atoms with E-state index in [1.807, 2.05) is 19.1 Å². The Morgan fingerprint density at radius 3 is 2.72 bits per heavy atom. The number of fused-ring (bicyclic) bond motifs is 1. The van der Waals surface area contributed by atoms with Crippen molar-refractivity contribution in [3.8, 4) is 11.5 Å². The van der Waals surface area contributed by atoms with Gasteiger partial charge in [-0.15, -0.1) is 0 Å². The second-order valence-corrected chi connectivity index (χ2v) is 9.26. The molecule has 0 spiro atoms. The number of anilines is 1. The van der Waals surface area contributed by atoms with E-state index in [0.29, 0.717) is 27.9 Å². The Hall–Kier alpha value is -3.06. The Morgan fingerprint density at radius 2 is 2.03 bits per heavy atom. The number of amides is 2. The predicted octanol–water partition coefficient (Wildman–Crippen LogP) is 4.58. The lowest BCUT2D eigenvalue weighted by molar-refractivity contribution is -0.127. The standard InChI is InChI=1S/C24H25ClN4O3/c1-15-9-10-17(12-18(15)25)29-22(30)20-13-19(21-8-5-11-32-21)27-28(20)14-24(29,2)23(31)26-16-6-3-4-7-16/h5,8-13,16H,3-4,6-7,14H2,1-2H3,(H,26,31)/t24-/m1/s1. The molecule has 166 valence electrons. The minimum absolute atomic E-state index is 0.135. The number of nitrogens with one attached hydrogen (secondary N) is 1. The van der Waals surface area contributed by atoms with Crippen molar-refractivity contribution >= 4 is 29.1 Å². The van der Waals surface area contributed by atoms with Crippen molar-refractivity contribution in [3.63, 3.8) is 0 Å². The summed E-state index contributed by atoms with van der Waals surface area (Å²) in [6.45, 7) is 3.92. The zero-order valence-electron chi connectivity index (χ0n) is 18.1. The number of furan rings is 1. The summed E-state index contributed by atoms with van der Waals surface area (Å²) in [6, 6.07) is 10.8. The number of hydrogen-bond acceptors (Lipinski definition) is 4. The minimum atomic E-state index is -1.17. The normalized spacial score (nSPS) is 21.1. The van der Waals surface area contributed by atoms with E-state index < -0.39 is 5.54 Å². The highest BCUT2D eigenvalue weighted by atomic mass is 35.5. The molecule has 1 saturated carbocycles. The smallest absolute Gasteiger partial charge is 0.277 e. The van der Waals surface area contributed by atoms with E-state index in [9.17, 15) is 9.59 Å². The summed E-state index contributed by atoms with van der Waals surface area (Å²) in [5.41, 5.74) is 1.28. The van der Waals surface area contributed by atoms with Crippen LogP contribution >= 0.6 is 11.6 Å². The quantitative estimate of drug-likeness (QED) is 0.628. The molecule has 0 radical (unpaired) electrons. The van der Waals surface area contributed by atoms with Crippen molar-refractivity contribution in [1.29, 1.82) is 0 Å². The first-order chi connectivity index (χ1) is 15.4. The fraction of sp³-hybridized carbons (Fsp3) is 0.375. The first kappa shape index (κ1) is 20.8. The summed E-state index contributed by atoms with van der Waals surface area (Å²) in [7, 11) is 0. The molecule has 2 amide bonds. The van der Waals surface area contributed by atoms with Crippen molar-refractivity contribution in [1.82, 2.24) is 15.1 Å². The zero-order valence-corrected chi connectivity index (χ0v) is 18.9. The third-order valence-electron chi connectivity index (χ3n) is 6.52. The van der Waals surface area contributed by atoms with Crippen LogP contribution in [0.25, 0.3) is 11.5 Å². The van der Waals surface area contributed by atoms with Crippen molar-refractivity contribution in [2.24, 2.45) is 0 Å². The molecule has 1 atom stereocenters. The van der Waals surface area contributed by atoms with Gasteiger partial charge in [0.25, 0.3) is 5.91 Å². The Morgan fingerprint density at radius 1 is 1.25 bits per heavy atom. The molecule has 1 aromatic carbocycles. The first-order valence-electron chi connectivity index (χ1n) is 10.9. The van der Waals surface area contributed by atoms with Crippen LogP contribution in [0.3, 0.4) is 0 Å². The molecular weight excluding hydrogens is 428 g/mol. The molecule has 1 aliphatic heterocycles. The number of carbonyl (C=O) groups excluding carboxylic acids is 2. The first-order valence-corrected chi connectivity index (χ1v) is 11.3. The van der Waals surface area contributed by atoms with Gasteiger partial charge in [-0.2, -0.15) is 5.10 Å². The largest absolute Gasteiger partial charge is 0.463 e. The van der Waals surface area contributed by atoms with Gasteiger partial charge in [-0.05, 0) is 56.5 Å². The summed E-state index contributed by atoms with van der Waals surface area (Å²) >= 11 is 6.39. The van der Waals surface area contributed by atoms with Crippen molar-refractivity contribution < 1.29 is 14.0 Å². The van der Waals surface area contributed by atoms with Crippen molar-refractivity contribution in [2.75, 3.05) is 4.90 Å². The molecule has 0 bridgehead atoms. The monoisotopic (exact) mass is 452 g/mol. The average Bonchev–Trinajstić information content (AvgIpc) is 3.51. The van der Waals surface area contributed by atoms with Gasteiger partial charge in [0, 0.05) is 22.8 Å². The molecule has 1 fully saturated rings. The van der Waals surface area contributed by atoms with Gasteiger partial charge >= 0.3 is 0 Å². The lowest BCUT2D eigenvalue weighted by atomic mass is 9.93. The summed E-state index contributed by atoms with van der Waals surface area (Å²) in [6.07, 6.45) is 5.69. The molecule has 32 heavy (non-hydrogen) atoms. The highest BCUT2D eigenvalue weighted by molar-refractivity contribution is 6.31. The van der Waals surface area contributed by atoms with Gasteiger partial charge in [-0.1, -0.05) is 30.5 Å². The van der Waals surface area contributed by atoms with Crippen LogP contribution in [0.5, 0.6) is 0 Å². The fourth-order valence-electron chi connectivity index (χ4n) is 4.66. The number of aryl methyl sites for hydroxylation is 1. The Labute approximate surface area is 191 Å². The van der Waals surface area contributed by atoms with Crippen LogP contribution in [0.15, 0.2) is 47.1 Å². The van der Waals surface area contributed by atoms with Crippen LogP contribution in [-0.4, -0.2) is 33.2 Å². The number of rotatable bonds is 4. The van der Waals surface area contributed by atoms with E-state index in [1.54, 1.807) is 47.0 Å². The van der Waals surface area contributed by atoms with Crippen molar-refractivity contribution in [2.45, 2.75) is 57.7 Å². The molecule has 3 heterocycles. The van der Waals surface area contributed by atoms with Gasteiger partial charge < -0.3 is 9.73 Å². The Bertz CT molecular complexity index is 1180. The van der Waals surface area contributed by atoms with E-state index in [2.05, 4.69) is 10.4 Å². The fourth-order valence-corrected chi connectivity index (χ4v) is 4.84. The molecule has 2 aliphatic rings. The maximum atomic E-state index is 13.8. The number of nitrogens with zero attached hydrogens (tertiary/aromatic N) is 3. The van der Waals surface area contributed by atoms with E-state index >= 15 is 0 Å². The van der Waals surface area contributed by atoms with Crippen LogP contribution in [0.1, 0.15) is 48.7 Å². The number of hydrogen-bond donors (Lipinski definition) is 1. The third kappa shape index (κ3) is 3.41. The molecule has 3 aromatic rings. The van der Waals surface area contributed by atoms with E-state index in [1.165, 1.54) is 0 Å². The molecule has 1 N–H and O–H groups in total. The second kappa shape index (κ2) is 7.81. The highest BCUT2D eigenvalue weighted by Crippen LogP contribution is 2.36. The molecular formula is C24H25ClN4O3. The SMILES string of the molecule is Cc1ccc(N2C(=O)c3cc(-c4ccco4)nn3C[C@]2(C)C(=O)NC2CCCC2)cc1Cl. The predicted molar refractivity (Wildman–Crippen MR) is 122 cm³/mol. The van der Waals surface area contributed by atoms with Crippen LogP contribution in [-0.2, 0) is 11.3 Å².